The standard InChI is InChI=1S/C17H25NO3/c1-3-14-6-8-15(9-7-14)16(19)10-11-17(20)18-12-5-13-21-4-2/h6-9H,3-5,10-13H2,1-2H3,(H,18,20). The van der Waals surface area contributed by atoms with Crippen LogP contribution in [0.15, 0.2) is 24.3 Å². The van der Waals surface area contributed by atoms with Gasteiger partial charge in [-0.2, -0.15) is 0 Å². The van der Waals surface area contributed by atoms with Crippen LogP contribution in [-0.4, -0.2) is 31.4 Å². The van der Waals surface area contributed by atoms with Crippen LogP contribution >= 0.6 is 0 Å². The van der Waals surface area contributed by atoms with Crippen LogP contribution in [0.25, 0.3) is 0 Å². The van der Waals surface area contributed by atoms with Gasteiger partial charge in [-0.25, -0.2) is 0 Å². The molecule has 0 aliphatic heterocycles. The highest BCUT2D eigenvalue weighted by Gasteiger charge is 2.09. The van der Waals surface area contributed by atoms with Gasteiger partial charge >= 0.3 is 0 Å². The van der Waals surface area contributed by atoms with Gasteiger partial charge in [0.1, 0.15) is 0 Å². The minimum absolute atomic E-state index is 0.0159. The highest BCUT2D eigenvalue weighted by molar-refractivity contribution is 5.97. The molecule has 21 heavy (non-hydrogen) atoms. The number of ether oxygens (including phenoxy) is 1. The van der Waals surface area contributed by atoms with Gasteiger partial charge in [-0.05, 0) is 25.3 Å². The molecule has 0 spiro atoms. The number of ketones is 1. The fraction of sp³-hybridized carbons (Fsp3) is 0.529. The van der Waals surface area contributed by atoms with E-state index in [-0.39, 0.29) is 24.5 Å². The second kappa shape index (κ2) is 10.1. The van der Waals surface area contributed by atoms with Crippen molar-refractivity contribution in [3.8, 4) is 0 Å². The van der Waals surface area contributed by atoms with Gasteiger partial charge in [-0.3, -0.25) is 9.59 Å². The van der Waals surface area contributed by atoms with Crippen LogP contribution in [0.1, 0.15) is 49.0 Å². The topological polar surface area (TPSA) is 55.4 Å². The van der Waals surface area contributed by atoms with Crippen molar-refractivity contribution in [2.24, 2.45) is 0 Å². The van der Waals surface area contributed by atoms with Crippen molar-refractivity contribution in [3.63, 3.8) is 0 Å². The predicted molar refractivity (Wildman–Crippen MR) is 83.5 cm³/mol. The van der Waals surface area contributed by atoms with Crippen LogP contribution in [-0.2, 0) is 16.0 Å². The molecule has 116 valence electrons. The average molecular weight is 291 g/mol. The maximum absolute atomic E-state index is 12.0. The molecule has 1 N–H and O–H groups in total. The minimum atomic E-state index is -0.0787. The first kappa shape index (κ1) is 17.4. The van der Waals surface area contributed by atoms with Gasteiger partial charge in [0.15, 0.2) is 5.78 Å². The Morgan fingerprint density at radius 2 is 1.81 bits per heavy atom. The van der Waals surface area contributed by atoms with Crippen molar-refractivity contribution in [3.05, 3.63) is 35.4 Å². The first-order valence-corrected chi connectivity index (χ1v) is 7.64. The van der Waals surface area contributed by atoms with Gasteiger partial charge in [0.05, 0.1) is 0 Å². The van der Waals surface area contributed by atoms with Crippen LogP contribution in [0.5, 0.6) is 0 Å². The molecule has 0 unspecified atom stereocenters. The lowest BCUT2D eigenvalue weighted by atomic mass is 10.0. The third kappa shape index (κ3) is 7.04. The third-order valence-corrected chi connectivity index (χ3v) is 3.26. The normalized spacial score (nSPS) is 10.4. The van der Waals surface area contributed by atoms with Crippen LogP contribution in [0.2, 0.25) is 0 Å². The van der Waals surface area contributed by atoms with E-state index in [2.05, 4.69) is 12.2 Å². The molecule has 4 heteroatoms. The van der Waals surface area contributed by atoms with Crippen molar-refractivity contribution in [2.45, 2.75) is 39.5 Å². The minimum Gasteiger partial charge on any atom is -0.382 e. The fourth-order valence-corrected chi connectivity index (χ4v) is 1.93. The van der Waals surface area contributed by atoms with Gasteiger partial charge in [-0.15, -0.1) is 0 Å². The van der Waals surface area contributed by atoms with Crippen molar-refractivity contribution in [2.75, 3.05) is 19.8 Å². The Balaban J connectivity index is 2.23. The summed E-state index contributed by atoms with van der Waals surface area (Å²) < 4.78 is 5.18. The van der Waals surface area contributed by atoms with E-state index in [1.807, 2.05) is 31.2 Å². The van der Waals surface area contributed by atoms with Crippen molar-refractivity contribution in [1.82, 2.24) is 5.32 Å². The zero-order valence-electron chi connectivity index (χ0n) is 13.0. The zero-order valence-corrected chi connectivity index (χ0v) is 13.0. The summed E-state index contributed by atoms with van der Waals surface area (Å²) in [5, 5.41) is 2.80. The quantitative estimate of drug-likeness (QED) is 0.533. The molecule has 1 aromatic carbocycles. The van der Waals surface area contributed by atoms with Crippen LogP contribution in [0.4, 0.5) is 0 Å². The van der Waals surface area contributed by atoms with E-state index in [1.54, 1.807) is 0 Å². The Morgan fingerprint density at radius 1 is 1.10 bits per heavy atom. The average Bonchev–Trinajstić information content (AvgIpc) is 2.52. The van der Waals surface area contributed by atoms with E-state index in [0.29, 0.717) is 25.3 Å². The Kier molecular flexibility index (Phi) is 8.36. The molecule has 1 rings (SSSR count). The predicted octanol–water partition coefficient (Wildman–Crippen LogP) is 2.75. The van der Waals surface area contributed by atoms with Gasteiger partial charge in [0.2, 0.25) is 5.91 Å². The fourth-order valence-electron chi connectivity index (χ4n) is 1.93. The summed E-state index contributed by atoms with van der Waals surface area (Å²) >= 11 is 0. The first-order valence-electron chi connectivity index (χ1n) is 7.64. The second-order valence-corrected chi connectivity index (χ2v) is 4.87. The molecule has 0 aromatic heterocycles. The number of Topliss-reactive ketones (excluding diaryl/α,β-unsaturated/α-hetero) is 1. The monoisotopic (exact) mass is 291 g/mol. The maximum atomic E-state index is 12.0. The van der Waals surface area contributed by atoms with E-state index in [0.717, 1.165) is 12.8 Å². The lowest BCUT2D eigenvalue weighted by Gasteiger charge is -2.05. The largest absolute Gasteiger partial charge is 0.382 e. The summed E-state index contributed by atoms with van der Waals surface area (Å²) in [7, 11) is 0. The highest BCUT2D eigenvalue weighted by atomic mass is 16.5. The molecule has 0 atom stereocenters. The van der Waals surface area contributed by atoms with Crippen molar-refractivity contribution in [1.29, 1.82) is 0 Å². The second-order valence-electron chi connectivity index (χ2n) is 4.87. The smallest absolute Gasteiger partial charge is 0.220 e. The van der Waals surface area contributed by atoms with E-state index in [1.165, 1.54) is 5.56 Å². The molecule has 0 bridgehead atoms. The SMILES string of the molecule is CCOCCCNC(=O)CCC(=O)c1ccc(CC)cc1. The number of amides is 1. The molecule has 0 fully saturated rings. The van der Waals surface area contributed by atoms with Crippen molar-refractivity contribution >= 4 is 11.7 Å². The molecule has 1 aromatic rings. The van der Waals surface area contributed by atoms with Gasteiger partial charge in [0.25, 0.3) is 0 Å². The number of hydrogen-bond donors (Lipinski definition) is 1. The van der Waals surface area contributed by atoms with Crippen LogP contribution in [0, 0.1) is 0 Å². The Hall–Kier alpha value is -1.68. The molecule has 0 aliphatic carbocycles. The molecular weight excluding hydrogens is 266 g/mol. The van der Waals surface area contributed by atoms with Gasteiger partial charge in [-0.1, -0.05) is 31.2 Å². The molecule has 4 nitrogen and oxygen atoms in total. The Bertz CT molecular complexity index is 440. The molecule has 0 saturated carbocycles. The summed E-state index contributed by atoms with van der Waals surface area (Å²) in [5.41, 5.74) is 1.88. The zero-order chi connectivity index (χ0) is 15.5. The van der Waals surface area contributed by atoms with E-state index >= 15 is 0 Å². The van der Waals surface area contributed by atoms with E-state index in [4.69, 9.17) is 4.74 Å². The van der Waals surface area contributed by atoms with E-state index < -0.39 is 0 Å². The number of hydrogen-bond acceptors (Lipinski definition) is 3. The Labute approximate surface area is 126 Å². The molecule has 0 aliphatic rings. The van der Waals surface area contributed by atoms with Crippen LogP contribution < -0.4 is 5.32 Å². The lowest BCUT2D eigenvalue weighted by Crippen LogP contribution is -2.25. The molecule has 1 amide bonds. The van der Waals surface area contributed by atoms with Crippen molar-refractivity contribution < 1.29 is 14.3 Å². The molecular formula is C17H25NO3. The summed E-state index contributed by atoms with van der Waals surface area (Å²) in [6, 6.07) is 7.59. The number of nitrogens with one attached hydrogen (secondary N) is 1. The number of carbonyl (C=O) groups is 2. The van der Waals surface area contributed by atoms with E-state index in [9.17, 15) is 9.59 Å². The Morgan fingerprint density at radius 3 is 2.43 bits per heavy atom. The number of carbonyl (C=O) groups excluding carboxylic acids is 2. The molecule has 0 heterocycles. The lowest BCUT2D eigenvalue weighted by molar-refractivity contribution is -0.121. The van der Waals surface area contributed by atoms with Crippen LogP contribution in [0.3, 0.4) is 0 Å². The number of benzene rings is 1. The first-order chi connectivity index (χ1) is 10.2. The number of rotatable bonds is 10. The van der Waals surface area contributed by atoms with Gasteiger partial charge < -0.3 is 10.1 Å². The molecule has 0 saturated heterocycles. The summed E-state index contributed by atoms with van der Waals surface area (Å²) in [5.74, 6) is -0.0628. The number of aryl methyl sites for hydroxylation is 1. The summed E-state index contributed by atoms with van der Waals surface area (Å²) in [6.45, 7) is 5.96. The summed E-state index contributed by atoms with van der Waals surface area (Å²) in [6.07, 6.45) is 2.25. The highest BCUT2D eigenvalue weighted by Crippen LogP contribution is 2.08. The maximum Gasteiger partial charge on any atom is 0.220 e. The van der Waals surface area contributed by atoms with Gasteiger partial charge in [0, 0.05) is 38.2 Å². The third-order valence-electron chi connectivity index (χ3n) is 3.26. The summed E-state index contributed by atoms with van der Waals surface area (Å²) in [4.78, 5) is 23.6. The molecule has 0 radical (unpaired) electrons.